The number of hydrogen-bond acceptors (Lipinski definition) is 4. The van der Waals surface area contributed by atoms with Gasteiger partial charge in [0, 0.05) is 25.8 Å². The fraction of sp³-hybridized carbons (Fsp3) is 0.571. The molecule has 0 aromatic carbocycles. The summed E-state index contributed by atoms with van der Waals surface area (Å²) in [4.78, 5) is 18.6. The van der Waals surface area contributed by atoms with Crippen molar-refractivity contribution in [3.63, 3.8) is 0 Å². The van der Waals surface area contributed by atoms with Gasteiger partial charge < -0.3 is 15.3 Å². The van der Waals surface area contributed by atoms with Crippen LogP contribution in [0.1, 0.15) is 36.5 Å². The number of carbonyl (C=O) groups is 1. The van der Waals surface area contributed by atoms with Crippen molar-refractivity contribution < 1.29 is 9.90 Å². The Kier molecular flexibility index (Phi) is 4.74. The van der Waals surface area contributed by atoms with E-state index in [2.05, 4.69) is 15.2 Å². The predicted octanol–water partition coefficient (Wildman–Crippen LogP) is 1.18. The van der Waals surface area contributed by atoms with Gasteiger partial charge >= 0.3 is 0 Å². The zero-order chi connectivity index (χ0) is 13.7. The molecule has 1 fully saturated rings. The smallest absolute Gasteiger partial charge is 0.255 e. The molecule has 0 spiro atoms. The van der Waals surface area contributed by atoms with E-state index in [-0.39, 0.29) is 12.5 Å². The SMILES string of the molecule is CC(O)CNC(=O)c1cccnc1N1CCCCC1. The summed E-state index contributed by atoms with van der Waals surface area (Å²) in [7, 11) is 0. The molecule has 0 aliphatic carbocycles. The Bertz CT molecular complexity index is 428. The van der Waals surface area contributed by atoms with Gasteiger partial charge in [0.25, 0.3) is 5.91 Å². The summed E-state index contributed by atoms with van der Waals surface area (Å²) in [6.07, 6.45) is 4.71. The van der Waals surface area contributed by atoms with Crippen molar-refractivity contribution in [2.45, 2.75) is 32.3 Å². The molecule has 0 radical (unpaired) electrons. The number of hydrogen-bond donors (Lipinski definition) is 2. The van der Waals surface area contributed by atoms with E-state index < -0.39 is 6.10 Å². The maximum Gasteiger partial charge on any atom is 0.255 e. The van der Waals surface area contributed by atoms with Gasteiger partial charge in [0.2, 0.25) is 0 Å². The summed E-state index contributed by atoms with van der Waals surface area (Å²) >= 11 is 0. The number of piperidine rings is 1. The molecule has 5 nitrogen and oxygen atoms in total. The molecule has 5 heteroatoms. The van der Waals surface area contributed by atoms with Gasteiger partial charge in [-0.15, -0.1) is 0 Å². The summed E-state index contributed by atoms with van der Waals surface area (Å²) in [5.41, 5.74) is 0.588. The highest BCUT2D eigenvalue weighted by Gasteiger charge is 2.19. The highest BCUT2D eigenvalue weighted by molar-refractivity contribution is 5.98. The monoisotopic (exact) mass is 263 g/mol. The average molecular weight is 263 g/mol. The molecule has 19 heavy (non-hydrogen) atoms. The Labute approximate surface area is 113 Å². The number of pyridine rings is 1. The van der Waals surface area contributed by atoms with Gasteiger partial charge in [-0.2, -0.15) is 0 Å². The molecule has 2 N–H and O–H groups in total. The Morgan fingerprint density at radius 1 is 1.47 bits per heavy atom. The maximum atomic E-state index is 12.1. The van der Waals surface area contributed by atoms with Gasteiger partial charge in [-0.1, -0.05) is 0 Å². The first-order valence-corrected chi connectivity index (χ1v) is 6.84. The van der Waals surface area contributed by atoms with Crippen molar-refractivity contribution in [1.29, 1.82) is 0 Å². The minimum Gasteiger partial charge on any atom is -0.392 e. The maximum absolute atomic E-state index is 12.1. The third-order valence-electron chi connectivity index (χ3n) is 3.24. The van der Waals surface area contributed by atoms with Crippen LogP contribution in [0.3, 0.4) is 0 Å². The van der Waals surface area contributed by atoms with Gasteiger partial charge in [0.15, 0.2) is 0 Å². The van der Waals surface area contributed by atoms with Crippen LogP contribution in [0.4, 0.5) is 5.82 Å². The van der Waals surface area contributed by atoms with E-state index in [9.17, 15) is 9.90 Å². The number of carbonyl (C=O) groups excluding carboxylic acids is 1. The van der Waals surface area contributed by atoms with Gasteiger partial charge in [0.1, 0.15) is 5.82 Å². The molecule has 2 rings (SSSR count). The fourth-order valence-electron chi connectivity index (χ4n) is 2.27. The molecule has 0 saturated carbocycles. The van der Waals surface area contributed by atoms with Crippen molar-refractivity contribution in [1.82, 2.24) is 10.3 Å². The quantitative estimate of drug-likeness (QED) is 0.856. The van der Waals surface area contributed by atoms with E-state index in [4.69, 9.17) is 0 Å². The van der Waals surface area contributed by atoms with Crippen LogP contribution in [-0.2, 0) is 0 Å². The van der Waals surface area contributed by atoms with Crippen LogP contribution >= 0.6 is 0 Å². The van der Waals surface area contributed by atoms with Gasteiger partial charge in [0.05, 0.1) is 11.7 Å². The standard InChI is InChI=1S/C14H21N3O2/c1-11(18)10-16-14(19)12-6-5-7-15-13(12)17-8-3-2-4-9-17/h5-7,11,18H,2-4,8-10H2,1H3,(H,16,19). The number of nitrogens with zero attached hydrogens (tertiary/aromatic N) is 2. The summed E-state index contributed by atoms with van der Waals surface area (Å²) in [5, 5.41) is 11.9. The van der Waals surface area contributed by atoms with E-state index in [1.807, 2.05) is 0 Å². The lowest BCUT2D eigenvalue weighted by Crippen LogP contribution is -2.35. The van der Waals surface area contributed by atoms with E-state index in [1.165, 1.54) is 6.42 Å². The molecule has 1 amide bonds. The summed E-state index contributed by atoms with van der Waals surface area (Å²) in [6.45, 7) is 3.81. The molecule has 1 unspecified atom stereocenters. The van der Waals surface area contributed by atoms with Gasteiger partial charge in [-0.3, -0.25) is 4.79 Å². The zero-order valence-electron chi connectivity index (χ0n) is 11.3. The van der Waals surface area contributed by atoms with E-state index in [0.717, 1.165) is 31.7 Å². The van der Waals surface area contributed by atoms with Crippen molar-refractivity contribution in [3.05, 3.63) is 23.9 Å². The Morgan fingerprint density at radius 3 is 2.89 bits per heavy atom. The van der Waals surface area contributed by atoms with E-state index in [0.29, 0.717) is 5.56 Å². The van der Waals surface area contributed by atoms with Crippen molar-refractivity contribution in [2.24, 2.45) is 0 Å². The number of nitrogens with one attached hydrogen (secondary N) is 1. The topological polar surface area (TPSA) is 65.5 Å². The number of anilines is 1. The first kappa shape index (κ1) is 13.8. The van der Waals surface area contributed by atoms with Crippen LogP contribution in [0.25, 0.3) is 0 Å². The minimum absolute atomic E-state index is 0.172. The molecule has 0 bridgehead atoms. The molecule has 1 aliphatic rings. The molecule has 1 aromatic heterocycles. The largest absolute Gasteiger partial charge is 0.392 e. The molecule has 1 aromatic rings. The third kappa shape index (κ3) is 3.67. The minimum atomic E-state index is -0.543. The van der Waals surface area contributed by atoms with Crippen LogP contribution in [0.5, 0.6) is 0 Å². The number of amides is 1. The Hall–Kier alpha value is -1.62. The average Bonchev–Trinajstić information content (AvgIpc) is 2.45. The van der Waals surface area contributed by atoms with E-state index in [1.54, 1.807) is 25.3 Å². The Morgan fingerprint density at radius 2 is 2.21 bits per heavy atom. The lowest BCUT2D eigenvalue weighted by Gasteiger charge is -2.29. The number of rotatable bonds is 4. The first-order valence-electron chi connectivity index (χ1n) is 6.84. The van der Waals surface area contributed by atoms with Crippen LogP contribution in [0.15, 0.2) is 18.3 Å². The van der Waals surface area contributed by atoms with Crippen molar-refractivity contribution in [2.75, 3.05) is 24.5 Å². The molecule has 2 heterocycles. The molecule has 1 aliphatic heterocycles. The van der Waals surface area contributed by atoms with Crippen LogP contribution in [-0.4, -0.2) is 41.7 Å². The number of aliphatic hydroxyl groups is 1. The fourth-order valence-corrected chi connectivity index (χ4v) is 2.27. The van der Waals surface area contributed by atoms with Crippen molar-refractivity contribution in [3.8, 4) is 0 Å². The Balaban J connectivity index is 2.13. The van der Waals surface area contributed by atoms with E-state index >= 15 is 0 Å². The second-order valence-corrected chi connectivity index (χ2v) is 4.98. The summed E-state index contributed by atoms with van der Waals surface area (Å²) in [5.74, 6) is 0.583. The lowest BCUT2D eigenvalue weighted by atomic mass is 10.1. The molecular weight excluding hydrogens is 242 g/mol. The summed E-state index contributed by atoms with van der Waals surface area (Å²) in [6, 6.07) is 3.55. The second kappa shape index (κ2) is 6.52. The third-order valence-corrected chi connectivity index (χ3v) is 3.24. The van der Waals surface area contributed by atoms with Crippen LogP contribution in [0, 0.1) is 0 Å². The number of aromatic nitrogens is 1. The first-order chi connectivity index (χ1) is 9.18. The van der Waals surface area contributed by atoms with Crippen LogP contribution < -0.4 is 10.2 Å². The highest BCUT2D eigenvalue weighted by atomic mass is 16.3. The van der Waals surface area contributed by atoms with Gasteiger partial charge in [-0.05, 0) is 38.3 Å². The molecule has 1 saturated heterocycles. The molecule has 1 atom stereocenters. The summed E-state index contributed by atoms with van der Waals surface area (Å²) < 4.78 is 0. The highest BCUT2D eigenvalue weighted by Crippen LogP contribution is 2.21. The molecule has 104 valence electrons. The van der Waals surface area contributed by atoms with Gasteiger partial charge in [-0.25, -0.2) is 4.98 Å². The molecular formula is C14H21N3O2. The second-order valence-electron chi connectivity index (χ2n) is 4.98. The van der Waals surface area contributed by atoms with Crippen LogP contribution in [0.2, 0.25) is 0 Å². The van der Waals surface area contributed by atoms with Crippen molar-refractivity contribution >= 4 is 11.7 Å². The number of aliphatic hydroxyl groups excluding tert-OH is 1. The zero-order valence-corrected chi connectivity index (χ0v) is 11.3. The predicted molar refractivity (Wildman–Crippen MR) is 74.3 cm³/mol. The lowest BCUT2D eigenvalue weighted by molar-refractivity contribution is 0.0924. The normalized spacial score (nSPS) is 17.1.